The maximum absolute atomic E-state index is 13.5. The predicted molar refractivity (Wildman–Crippen MR) is 74.7 cm³/mol. The molecular weight excluding hydrogens is 277 g/mol. The molecule has 1 N–H and O–H groups in total. The van der Waals surface area contributed by atoms with E-state index in [1.165, 1.54) is 12.8 Å². The zero-order valence-electron chi connectivity index (χ0n) is 10.9. The van der Waals surface area contributed by atoms with Crippen molar-refractivity contribution in [1.82, 2.24) is 15.2 Å². The Labute approximate surface area is 121 Å². The van der Waals surface area contributed by atoms with E-state index in [4.69, 9.17) is 11.6 Å². The highest BCUT2D eigenvalue weighted by Gasteiger charge is 2.50. The molecule has 0 saturated heterocycles. The number of aromatic nitrogens is 3. The second-order valence-corrected chi connectivity index (χ2v) is 6.35. The van der Waals surface area contributed by atoms with Gasteiger partial charge in [-0.2, -0.15) is 5.10 Å². The second-order valence-electron chi connectivity index (χ2n) is 5.91. The van der Waals surface area contributed by atoms with Gasteiger partial charge in [0.25, 0.3) is 0 Å². The molecule has 104 valence electrons. The van der Waals surface area contributed by atoms with Crippen molar-refractivity contribution in [3.05, 3.63) is 46.5 Å². The topological polar surface area (TPSA) is 41.6 Å². The van der Waals surface area contributed by atoms with Crippen LogP contribution in [-0.4, -0.2) is 21.4 Å². The van der Waals surface area contributed by atoms with Crippen LogP contribution in [0.1, 0.15) is 48.8 Å². The third kappa shape index (κ3) is 1.85. The first-order chi connectivity index (χ1) is 9.67. The Kier molecular flexibility index (Phi) is 2.64. The van der Waals surface area contributed by atoms with Gasteiger partial charge in [-0.3, -0.25) is 5.10 Å². The van der Waals surface area contributed by atoms with Crippen LogP contribution < -0.4 is 0 Å². The summed E-state index contributed by atoms with van der Waals surface area (Å²) in [6.07, 6.45) is 2.49. The molecule has 0 unspecified atom stereocenters. The summed E-state index contributed by atoms with van der Waals surface area (Å²) in [5.41, 5.74) is 0.672. The van der Waals surface area contributed by atoms with E-state index in [9.17, 15) is 4.39 Å². The second kappa shape index (κ2) is 4.29. The highest BCUT2D eigenvalue weighted by molar-refractivity contribution is 6.30. The third-order valence-electron chi connectivity index (χ3n) is 4.43. The van der Waals surface area contributed by atoms with Gasteiger partial charge in [0.2, 0.25) is 0 Å². The van der Waals surface area contributed by atoms with E-state index in [1.807, 2.05) is 24.3 Å². The Bertz CT molecular complexity index is 627. The average Bonchev–Trinajstić information content (AvgIpc) is 3.14. The first-order valence-corrected chi connectivity index (χ1v) is 7.38. The van der Waals surface area contributed by atoms with E-state index in [0.717, 1.165) is 17.2 Å². The van der Waals surface area contributed by atoms with Crippen molar-refractivity contribution in [3.8, 4) is 0 Å². The van der Waals surface area contributed by atoms with Crippen LogP contribution in [0.25, 0.3) is 0 Å². The Morgan fingerprint density at radius 2 is 1.90 bits per heavy atom. The number of nitrogens with one attached hydrogen (secondary N) is 1. The summed E-state index contributed by atoms with van der Waals surface area (Å²) in [6, 6.07) is 7.61. The molecule has 1 aromatic heterocycles. The monoisotopic (exact) mass is 291 g/mol. The zero-order chi connectivity index (χ0) is 13.7. The standard InChI is InChI=1S/C15H15ClFN3/c16-11-5-3-10(4-6-11)15(7-12(17)8-15)14-18-13(19-20-14)9-1-2-9/h3-6,9,12H,1-2,7-8H2,(H,18,19,20). The molecule has 3 nitrogen and oxygen atoms in total. The molecule has 2 aliphatic carbocycles. The molecule has 0 amide bonds. The van der Waals surface area contributed by atoms with Gasteiger partial charge in [0.1, 0.15) is 12.0 Å². The van der Waals surface area contributed by atoms with E-state index in [1.54, 1.807) is 0 Å². The minimum Gasteiger partial charge on any atom is -0.263 e. The van der Waals surface area contributed by atoms with E-state index < -0.39 is 6.17 Å². The summed E-state index contributed by atoms with van der Waals surface area (Å²) in [6.45, 7) is 0. The quantitative estimate of drug-likeness (QED) is 0.935. The number of halogens is 2. The molecule has 20 heavy (non-hydrogen) atoms. The van der Waals surface area contributed by atoms with Crippen molar-refractivity contribution < 1.29 is 4.39 Å². The summed E-state index contributed by atoms with van der Waals surface area (Å²) >= 11 is 5.94. The number of H-pyrrole nitrogens is 1. The van der Waals surface area contributed by atoms with Gasteiger partial charge in [-0.25, -0.2) is 9.37 Å². The number of benzene rings is 1. The molecule has 0 radical (unpaired) electrons. The minimum atomic E-state index is -0.770. The van der Waals surface area contributed by atoms with Crippen molar-refractivity contribution in [2.45, 2.75) is 43.2 Å². The highest BCUT2D eigenvalue weighted by Crippen LogP contribution is 2.50. The molecule has 4 rings (SSSR count). The third-order valence-corrected chi connectivity index (χ3v) is 4.68. The summed E-state index contributed by atoms with van der Waals surface area (Å²) in [5, 5.41) is 8.09. The lowest BCUT2D eigenvalue weighted by molar-refractivity contribution is 0.117. The molecular formula is C15H15ClFN3. The van der Waals surface area contributed by atoms with Crippen LogP contribution in [0.2, 0.25) is 5.02 Å². The van der Waals surface area contributed by atoms with Gasteiger partial charge in [0.15, 0.2) is 5.82 Å². The van der Waals surface area contributed by atoms with Gasteiger partial charge in [-0.15, -0.1) is 0 Å². The van der Waals surface area contributed by atoms with Gasteiger partial charge in [-0.05, 0) is 43.4 Å². The van der Waals surface area contributed by atoms with Crippen LogP contribution in [0.3, 0.4) is 0 Å². The summed E-state index contributed by atoms with van der Waals surface area (Å²) < 4.78 is 13.5. The average molecular weight is 292 g/mol. The lowest BCUT2D eigenvalue weighted by atomic mass is 9.63. The number of alkyl halides is 1. The van der Waals surface area contributed by atoms with Crippen LogP contribution in [-0.2, 0) is 5.41 Å². The molecule has 0 bridgehead atoms. The van der Waals surface area contributed by atoms with Gasteiger partial charge in [-0.1, -0.05) is 23.7 Å². The number of hydrogen-bond acceptors (Lipinski definition) is 2. The summed E-state index contributed by atoms with van der Waals surface area (Å²) in [5.74, 6) is 2.21. The van der Waals surface area contributed by atoms with Crippen molar-refractivity contribution in [2.24, 2.45) is 0 Å². The summed E-state index contributed by atoms with van der Waals surface area (Å²) in [4.78, 5) is 4.63. The van der Waals surface area contributed by atoms with Gasteiger partial charge in [0.05, 0.1) is 5.41 Å². The Morgan fingerprint density at radius 3 is 2.50 bits per heavy atom. The van der Waals surface area contributed by atoms with Gasteiger partial charge >= 0.3 is 0 Å². The molecule has 5 heteroatoms. The molecule has 2 aliphatic rings. The number of hydrogen-bond donors (Lipinski definition) is 1. The first kappa shape index (κ1) is 12.3. The summed E-state index contributed by atoms with van der Waals surface area (Å²) in [7, 11) is 0. The lowest BCUT2D eigenvalue weighted by Crippen LogP contribution is -2.44. The van der Waals surface area contributed by atoms with Crippen LogP contribution in [0, 0.1) is 0 Å². The number of aromatic amines is 1. The lowest BCUT2D eigenvalue weighted by Gasteiger charge is -2.42. The molecule has 1 aromatic carbocycles. The van der Waals surface area contributed by atoms with Gasteiger partial charge < -0.3 is 0 Å². The van der Waals surface area contributed by atoms with E-state index in [-0.39, 0.29) is 5.41 Å². The molecule has 2 aromatic rings. The van der Waals surface area contributed by atoms with E-state index in [2.05, 4.69) is 15.2 Å². The predicted octanol–water partition coefficient (Wildman–Crippen LogP) is 3.75. The van der Waals surface area contributed by atoms with Crippen LogP contribution >= 0.6 is 11.6 Å². The molecule has 2 fully saturated rings. The van der Waals surface area contributed by atoms with Gasteiger partial charge in [0, 0.05) is 10.9 Å². The van der Waals surface area contributed by atoms with Crippen LogP contribution in [0.15, 0.2) is 24.3 Å². The number of rotatable bonds is 3. The largest absolute Gasteiger partial charge is 0.263 e. The Balaban J connectivity index is 1.73. The normalized spacial score (nSPS) is 29.2. The Hall–Kier alpha value is -1.42. The van der Waals surface area contributed by atoms with E-state index in [0.29, 0.717) is 23.8 Å². The fourth-order valence-electron chi connectivity index (χ4n) is 3.04. The number of nitrogens with zero attached hydrogens (tertiary/aromatic N) is 2. The maximum Gasteiger partial charge on any atom is 0.161 e. The fourth-order valence-corrected chi connectivity index (χ4v) is 3.17. The fraction of sp³-hybridized carbons (Fsp3) is 0.467. The first-order valence-electron chi connectivity index (χ1n) is 7.00. The minimum absolute atomic E-state index is 0.381. The van der Waals surface area contributed by atoms with Crippen molar-refractivity contribution >= 4 is 11.6 Å². The SMILES string of the molecule is FC1CC(c2ccc(Cl)cc2)(c2n[nH]c(C3CC3)n2)C1. The van der Waals surface area contributed by atoms with Crippen LogP contribution in [0.4, 0.5) is 4.39 Å². The molecule has 0 atom stereocenters. The Morgan fingerprint density at radius 1 is 1.20 bits per heavy atom. The van der Waals surface area contributed by atoms with E-state index >= 15 is 0 Å². The van der Waals surface area contributed by atoms with Crippen LogP contribution in [0.5, 0.6) is 0 Å². The molecule has 0 spiro atoms. The molecule has 2 saturated carbocycles. The zero-order valence-corrected chi connectivity index (χ0v) is 11.7. The molecule has 1 heterocycles. The maximum atomic E-state index is 13.5. The van der Waals surface area contributed by atoms with Crippen molar-refractivity contribution in [1.29, 1.82) is 0 Å². The highest BCUT2D eigenvalue weighted by atomic mass is 35.5. The van der Waals surface area contributed by atoms with Crippen molar-refractivity contribution in [2.75, 3.05) is 0 Å². The molecule has 0 aliphatic heterocycles. The van der Waals surface area contributed by atoms with Crippen molar-refractivity contribution in [3.63, 3.8) is 0 Å². The smallest absolute Gasteiger partial charge is 0.161 e.